The maximum absolute atomic E-state index is 12.2. The second-order valence-electron chi connectivity index (χ2n) is 7.73. The standard InChI is InChI=1S/C25H28N2O2S/c28-24(17-21-18-30-25(27-21)16-19-8-2-1-3-9-19)26-14-7-15-29-23-13-6-11-20-10-4-5-12-22(20)23/h1-5,8-10,12,18,23H,6-7,11,13-17H2,(H,26,28). The van der Waals surface area contributed by atoms with Crippen LogP contribution in [0.3, 0.4) is 0 Å². The van der Waals surface area contributed by atoms with Crippen molar-refractivity contribution in [3.05, 3.63) is 87.4 Å². The summed E-state index contributed by atoms with van der Waals surface area (Å²) in [5.74, 6) is 0.0228. The summed E-state index contributed by atoms with van der Waals surface area (Å²) in [6.45, 7) is 1.30. The normalized spacial score (nSPS) is 15.5. The molecule has 30 heavy (non-hydrogen) atoms. The molecule has 3 aromatic rings. The largest absolute Gasteiger partial charge is 0.373 e. The van der Waals surface area contributed by atoms with Crippen LogP contribution in [-0.4, -0.2) is 24.0 Å². The molecule has 156 valence electrons. The molecule has 2 aromatic carbocycles. The number of aromatic nitrogens is 1. The molecule has 4 rings (SSSR count). The first-order valence-corrected chi connectivity index (χ1v) is 11.6. The summed E-state index contributed by atoms with van der Waals surface area (Å²) in [5, 5.41) is 6.03. The molecule has 1 aliphatic carbocycles. The second-order valence-corrected chi connectivity index (χ2v) is 8.67. The molecule has 1 unspecified atom stereocenters. The Hall–Kier alpha value is -2.50. The number of nitrogens with one attached hydrogen (secondary N) is 1. The molecule has 0 saturated heterocycles. The minimum atomic E-state index is 0.0228. The Morgan fingerprint density at radius 2 is 1.97 bits per heavy atom. The summed E-state index contributed by atoms with van der Waals surface area (Å²) >= 11 is 1.62. The van der Waals surface area contributed by atoms with Crippen LogP contribution in [0.4, 0.5) is 0 Å². The molecule has 1 N–H and O–H groups in total. The van der Waals surface area contributed by atoms with E-state index in [1.807, 2.05) is 23.6 Å². The molecule has 0 aliphatic heterocycles. The summed E-state index contributed by atoms with van der Waals surface area (Å²) in [5.41, 5.74) is 4.83. The van der Waals surface area contributed by atoms with Gasteiger partial charge in [0.2, 0.25) is 5.91 Å². The van der Waals surface area contributed by atoms with E-state index >= 15 is 0 Å². The number of fused-ring (bicyclic) bond motifs is 1. The number of hydrogen-bond acceptors (Lipinski definition) is 4. The molecule has 0 spiro atoms. The highest BCUT2D eigenvalue weighted by atomic mass is 32.1. The molecule has 1 aliphatic rings. The maximum atomic E-state index is 12.2. The van der Waals surface area contributed by atoms with Gasteiger partial charge in [0.25, 0.3) is 0 Å². The van der Waals surface area contributed by atoms with E-state index in [-0.39, 0.29) is 12.0 Å². The first kappa shape index (κ1) is 20.8. The highest BCUT2D eigenvalue weighted by Gasteiger charge is 2.19. The predicted molar refractivity (Wildman–Crippen MR) is 121 cm³/mol. The zero-order chi connectivity index (χ0) is 20.6. The third-order valence-corrected chi connectivity index (χ3v) is 6.31. The van der Waals surface area contributed by atoms with E-state index in [0.717, 1.165) is 36.4 Å². The Morgan fingerprint density at radius 1 is 1.13 bits per heavy atom. The van der Waals surface area contributed by atoms with E-state index in [0.29, 0.717) is 19.6 Å². The highest BCUT2D eigenvalue weighted by molar-refractivity contribution is 7.09. The van der Waals surface area contributed by atoms with Gasteiger partial charge in [0, 0.05) is 25.0 Å². The molecule has 1 aromatic heterocycles. The van der Waals surface area contributed by atoms with Crippen LogP contribution in [0.15, 0.2) is 60.0 Å². The SMILES string of the molecule is O=C(Cc1csc(Cc2ccccc2)n1)NCCCOC1CCCc2ccccc21. The van der Waals surface area contributed by atoms with Crippen molar-refractivity contribution in [3.63, 3.8) is 0 Å². The third kappa shape index (κ3) is 5.77. The number of rotatable bonds is 9. The van der Waals surface area contributed by atoms with Crippen molar-refractivity contribution in [1.29, 1.82) is 0 Å². The van der Waals surface area contributed by atoms with E-state index in [1.165, 1.54) is 23.1 Å². The Morgan fingerprint density at radius 3 is 2.87 bits per heavy atom. The van der Waals surface area contributed by atoms with E-state index in [4.69, 9.17) is 4.74 Å². The number of carbonyl (C=O) groups is 1. The second kappa shape index (κ2) is 10.5. The summed E-state index contributed by atoms with van der Waals surface area (Å²) in [7, 11) is 0. The fourth-order valence-corrected chi connectivity index (χ4v) is 4.74. The van der Waals surface area contributed by atoms with Gasteiger partial charge in [-0.1, -0.05) is 54.6 Å². The van der Waals surface area contributed by atoms with Crippen molar-refractivity contribution < 1.29 is 9.53 Å². The monoisotopic (exact) mass is 420 g/mol. The predicted octanol–water partition coefficient (Wildman–Crippen LogP) is 4.88. The van der Waals surface area contributed by atoms with Crippen LogP contribution < -0.4 is 5.32 Å². The average Bonchev–Trinajstić information content (AvgIpc) is 3.21. The van der Waals surface area contributed by atoms with Crippen LogP contribution in [0.25, 0.3) is 0 Å². The fraction of sp³-hybridized carbons (Fsp3) is 0.360. The van der Waals surface area contributed by atoms with Gasteiger partial charge >= 0.3 is 0 Å². The van der Waals surface area contributed by atoms with Crippen LogP contribution in [0.1, 0.15) is 52.8 Å². The number of nitrogens with zero attached hydrogens (tertiary/aromatic N) is 1. The topological polar surface area (TPSA) is 51.2 Å². The van der Waals surface area contributed by atoms with Crippen LogP contribution in [-0.2, 0) is 28.8 Å². The number of hydrogen-bond donors (Lipinski definition) is 1. The molecule has 4 nitrogen and oxygen atoms in total. The lowest BCUT2D eigenvalue weighted by Gasteiger charge is -2.25. The van der Waals surface area contributed by atoms with Crippen molar-refractivity contribution in [2.45, 2.75) is 44.6 Å². The molecular weight excluding hydrogens is 392 g/mol. The highest BCUT2D eigenvalue weighted by Crippen LogP contribution is 2.32. The van der Waals surface area contributed by atoms with Crippen LogP contribution in [0.2, 0.25) is 0 Å². The number of benzene rings is 2. The van der Waals surface area contributed by atoms with Gasteiger partial charge in [0.1, 0.15) is 0 Å². The maximum Gasteiger partial charge on any atom is 0.226 e. The molecule has 0 fully saturated rings. The van der Waals surface area contributed by atoms with Gasteiger partial charge in [-0.25, -0.2) is 4.98 Å². The third-order valence-electron chi connectivity index (χ3n) is 5.42. The number of amides is 1. The van der Waals surface area contributed by atoms with Crippen molar-refractivity contribution in [3.8, 4) is 0 Å². The molecular formula is C25H28N2O2S. The van der Waals surface area contributed by atoms with Crippen LogP contribution in [0.5, 0.6) is 0 Å². The molecule has 0 radical (unpaired) electrons. The van der Waals surface area contributed by atoms with Crippen molar-refractivity contribution in [1.82, 2.24) is 10.3 Å². The number of aryl methyl sites for hydroxylation is 1. The van der Waals surface area contributed by atoms with Gasteiger partial charge in [0.15, 0.2) is 0 Å². The first-order chi connectivity index (χ1) is 14.8. The Labute approximate surface area is 182 Å². The zero-order valence-corrected chi connectivity index (χ0v) is 18.0. The van der Waals surface area contributed by atoms with Crippen LogP contribution >= 0.6 is 11.3 Å². The van der Waals surface area contributed by atoms with Gasteiger partial charge in [-0.15, -0.1) is 11.3 Å². The van der Waals surface area contributed by atoms with E-state index in [1.54, 1.807) is 11.3 Å². The first-order valence-electron chi connectivity index (χ1n) is 10.7. The van der Waals surface area contributed by atoms with Gasteiger partial charge < -0.3 is 10.1 Å². The number of ether oxygens (including phenoxy) is 1. The average molecular weight is 421 g/mol. The summed E-state index contributed by atoms with van der Waals surface area (Å²) in [4.78, 5) is 16.8. The Kier molecular flexibility index (Phi) is 7.27. The van der Waals surface area contributed by atoms with E-state index in [2.05, 4.69) is 46.7 Å². The van der Waals surface area contributed by atoms with Crippen molar-refractivity contribution in [2.75, 3.05) is 13.2 Å². The summed E-state index contributed by atoms with van der Waals surface area (Å²) in [6, 6.07) is 18.9. The molecule has 0 bridgehead atoms. The lowest BCUT2D eigenvalue weighted by atomic mass is 9.89. The molecule has 5 heteroatoms. The quantitative estimate of drug-likeness (QED) is 0.502. The van der Waals surface area contributed by atoms with Gasteiger partial charge in [-0.3, -0.25) is 4.79 Å². The minimum absolute atomic E-state index is 0.0228. The van der Waals surface area contributed by atoms with Gasteiger partial charge in [-0.05, 0) is 42.4 Å². The summed E-state index contributed by atoms with van der Waals surface area (Å²) < 4.78 is 6.11. The molecule has 1 amide bonds. The lowest BCUT2D eigenvalue weighted by Crippen LogP contribution is -2.27. The smallest absolute Gasteiger partial charge is 0.226 e. The Bertz CT molecular complexity index is 955. The molecule has 0 saturated carbocycles. The Balaban J connectivity index is 1.15. The molecule has 1 atom stereocenters. The number of carbonyl (C=O) groups excluding carboxylic acids is 1. The minimum Gasteiger partial charge on any atom is -0.373 e. The van der Waals surface area contributed by atoms with Crippen molar-refractivity contribution >= 4 is 17.2 Å². The summed E-state index contributed by atoms with van der Waals surface area (Å²) in [6.07, 6.45) is 5.58. The van der Waals surface area contributed by atoms with E-state index in [9.17, 15) is 4.79 Å². The van der Waals surface area contributed by atoms with E-state index < -0.39 is 0 Å². The number of thiazole rings is 1. The van der Waals surface area contributed by atoms with Gasteiger partial charge in [-0.2, -0.15) is 0 Å². The molecule has 1 heterocycles. The van der Waals surface area contributed by atoms with Crippen molar-refractivity contribution in [2.24, 2.45) is 0 Å². The van der Waals surface area contributed by atoms with Crippen LogP contribution in [0, 0.1) is 0 Å². The fourth-order valence-electron chi connectivity index (χ4n) is 3.92. The zero-order valence-electron chi connectivity index (χ0n) is 17.2. The lowest BCUT2D eigenvalue weighted by molar-refractivity contribution is -0.120. The van der Waals surface area contributed by atoms with Gasteiger partial charge in [0.05, 0.1) is 23.2 Å².